The third-order valence-corrected chi connectivity index (χ3v) is 3.88. The first-order chi connectivity index (χ1) is 8.34. The van der Waals surface area contributed by atoms with Crippen molar-refractivity contribution in [2.75, 3.05) is 13.1 Å². The zero-order valence-electron chi connectivity index (χ0n) is 10.4. The first-order valence-electron chi connectivity index (χ1n) is 6.61. The van der Waals surface area contributed by atoms with Crippen LogP contribution in [0, 0.1) is 12.8 Å². The summed E-state index contributed by atoms with van der Waals surface area (Å²) in [6.07, 6.45) is 6.09. The fourth-order valence-electron chi connectivity index (χ4n) is 2.95. The van der Waals surface area contributed by atoms with Crippen molar-refractivity contribution in [2.45, 2.75) is 26.2 Å². The summed E-state index contributed by atoms with van der Waals surface area (Å²) < 4.78 is 2.35. The second-order valence-electron chi connectivity index (χ2n) is 5.19. The van der Waals surface area contributed by atoms with Gasteiger partial charge >= 0.3 is 0 Å². The molecule has 0 amide bonds. The van der Waals surface area contributed by atoms with Crippen LogP contribution >= 0.6 is 0 Å². The van der Waals surface area contributed by atoms with Crippen LogP contribution in [0.25, 0.3) is 5.52 Å². The van der Waals surface area contributed by atoms with Gasteiger partial charge in [0.1, 0.15) is 0 Å². The number of hydrogen-bond donors (Lipinski definition) is 1. The Morgan fingerprint density at radius 3 is 3.18 bits per heavy atom. The Hall–Kier alpha value is -1.28. The molecule has 0 spiro atoms. The van der Waals surface area contributed by atoms with E-state index in [2.05, 4.69) is 47.1 Å². The Balaban J connectivity index is 1.90. The van der Waals surface area contributed by atoms with Crippen LogP contribution in [0.1, 0.15) is 24.1 Å². The van der Waals surface area contributed by atoms with Crippen molar-refractivity contribution in [2.24, 2.45) is 5.92 Å². The Morgan fingerprint density at radius 2 is 2.35 bits per heavy atom. The number of aromatic nitrogens is 1. The predicted octanol–water partition coefficient (Wildman–Crippen LogP) is 2.79. The number of aryl methyl sites for hydroxylation is 1. The molecule has 1 atom stereocenters. The van der Waals surface area contributed by atoms with Gasteiger partial charge in [-0.15, -0.1) is 0 Å². The van der Waals surface area contributed by atoms with E-state index in [1.807, 2.05) is 0 Å². The van der Waals surface area contributed by atoms with Gasteiger partial charge in [-0.05, 0) is 69.0 Å². The van der Waals surface area contributed by atoms with Crippen molar-refractivity contribution >= 4 is 5.52 Å². The number of rotatable bonds is 2. The van der Waals surface area contributed by atoms with Gasteiger partial charge in [0.2, 0.25) is 0 Å². The van der Waals surface area contributed by atoms with E-state index in [4.69, 9.17) is 0 Å². The van der Waals surface area contributed by atoms with Crippen molar-refractivity contribution in [1.82, 2.24) is 9.72 Å². The quantitative estimate of drug-likeness (QED) is 0.836. The summed E-state index contributed by atoms with van der Waals surface area (Å²) in [6.45, 7) is 4.61. The molecule has 0 aromatic carbocycles. The number of nitrogens with zero attached hydrogens (tertiary/aromatic N) is 1. The van der Waals surface area contributed by atoms with E-state index in [1.54, 1.807) is 0 Å². The number of piperidine rings is 1. The van der Waals surface area contributed by atoms with E-state index in [0.29, 0.717) is 0 Å². The van der Waals surface area contributed by atoms with Crippen LogP contribution in [-0.2, 0) is 6.42 Å². The number of pyridine rings is 1. The maximum atomic E-state index is 3.51. The highest BCUT2D eigenvalue weighted by atomic mass is 14.9. The van der Waals surface area contributed by atoms with Gasteiger partial charge in [-0.1, -0.05) is 6.07 Å². The minimum Gasteiger partial charge on any atom is -0.321 e. The van der Waals surface area contributed by atoms with E-state index in [9.17, 15) is 0 Å². The Labute approximate surface area is 103 Å². The molecule has 0 bridgehead atoms. The third kappa shape index (κ3) is 2.09. The molecule has 3 rings (SSSR count). The van der Waals surface area contributed by atoms with Gasteiger partial charge < -0.3 is 9.72 Å². The molecule has 0 saturated carbocycles. The normalized spacial score (nSPS) is 20.9. The van der Waals surface area contributed by atoms with Crippen LogP contribution < -0.4 is 5.32 Å². The summed E-state index contributed by atoms with van der Waals surface area (Å²) in [5.74, 6) is 0.806. The van der Waals surface area contributed by atoms with Crippen molar-refractivity contribution in [3.05, 3.63) is 41.7 Å². The molecular weight excluding hydrogens is 208 g/mol. The van der Waals surface area contributed by atoms with Crippen LogP contribution in [0.5, 0.6) is 0 Å². The fourth-order valence-corrected chi connectivity index (χ4v) is 2.95. The van der Waals surface area contributed by atoms with Crippen molar-refractivity contribution in [3.8, 4) is 0 Å². The molecular formula is C15H20N2. The summed E-state index contributed by atoms with van der Waals surface area (Å²) in [5, 5.41) is 3.51. The molecule has 1 fully saturated rings. The molecule has 1 N–H and O–H groups in total. The van der Waals surface area contributed by atoms with Crippen molar-refractivity contribution in [1.29, 1.82) is 0 Å². The summed E-state index contributed by atoms with van der Waals surface area (Å²) in [5.41, 5.74) is 4.25. The second kappa shape index (κ2) is 4.53. The summed E-state index contributed by atoms with van der Waals surface area (Å²) in [7, 11) is 0. The predicted molar refractivity (Wildman–Crippen MR) is 71.4 cm³/mol. The number of fused-ring (bicyclic) bond motifs is 1. The number of nitrogens with one attached hydrogen (secondary N) is 1. The molecule has 0 aliphatic carbocycles. The van der Waals surface area contributed by atoms with E-state index >= 15 is 0 Å². The molecule has 1 aliphatic heterocycles. The standard InChI is InChI=1S/C15H20N2/c1-12-9-14-6-2-3-8-17(14)15(12)10-13-5-4-7-16-11-13/h2-3,6,8-9,13,16H,4-5,7,10-11H2,1H3. The van der Waals surface area contributed by atoms with Crippen LogP contribution in [0.2, 0.25) is 0 Å². The molecule has 17 heavy (non-hydrogen) atoms. The molecule has 2 nitrogen and oxygen atoms in total. The van der Waals surface area contributed by atoms with Gasteiger partial charge in [-0.25, -0.2) is 0 Å². The minimum absolute atomic E-state index is 0.806. The van der Waals surface area contributed by atoms with E-state index in [-0.39, 0.29) is 0 Å². The van der Waals surface area contributed by atoms with Gasteiger partial charge in [0.25, 0.3) is 0 Å². The lowest BCUT2D eigenvalue weighted by Gasteiger charge is -2.23. The summed E-state index contributed by atoms with van der Waals surface area (Å²) in [6, 6.07) is 8.72. The van der Waals surface area contributed by atoms with Crippen LogP contribution in [0.15, 0.2) is 30.5 Å². The van der Waals surface area contributed by atoms with Gasteiger partial charge in [0.15, 0.2) is 0 Å². The maximum absolute atomic E-state index is 3.51. The van der Waals surface area contributed by atoms with Crippen molar-refractivity contribution in [3.63, 3.8) is 0 Å². The molecule has 1 saturated heterocycles. The topological polar surface area (TPSA) is 16.4 Å². The lowest BCUT2D eigenvalue weighted by molar-refractivity contribution is 0.372. The van der Waals surface area contributed by atoms with Gasteiger partial charge in [-0.3, -0.25) is 0 Å². The third-order valence-electron chi connectivity index (χ3n) is 3.88. The lowest BCUT2D eigenvalue weighted by atomic mass is 9.94. The monoisotopic (exact) mass is 228 g/mol. The zero-order valence-corrected chi connectivity index (χ0v) is 10.4. The molecule has 1 aliphatic rings. The fraction of sp³-hybridized carbons (Fsp3) is 0.467. The largest absolute Gasteiger partial charge is 0.321 e. The van der Waals surface area contributed by atoms with Crippen molar-refractivity contribution < 1.29 is 0 Å². The molecule has 3 heterocycles. The second-order valence-corrected chi connectivity index (χ2v) is 5.19. The van der Waals surface area contributed by atoms with Gasteiger partial charge in [-0.2, -0.15) is 0 Å². The maximum Gasteiger partial charge on any atom is 0.0455 e. The summed E-state index contributed by atoms with van der Waals surface area (Å²) >= 11 is 0. The molecule has 2 aromatic heterocycles. The Morgan fingerprint density at radius 1 is 1.41 bits per heavy atom. The molecule has 1 unspecified atom stereocenters. The average Bonchev–Trinajstić information content (AvgIpc) is 2.68. The number of hydrogen-bond acceptors (Lipinski definition) is 1. The van der Waals surface area contributed by atoms with Crippen LogP contribution in [0.3, 0.4) is 0 Å². The highest BCUT2D eigenvalue weighted by molar-refractivity contribution is 5.53. The SMILES string of the molecule is Cc1cc2ccccn2c1CC1CCCNC1. The minimum atomic E-state index is 0.806. The van der Waals surface area contributed by atoms with Gasteiger partial charge in [0.05, 0.1) is 0 Å². The van der Waals surface area contributed by atoms with Gasteiger partial charge in [0, 0.05) is 17.4 Å². The van der Waals surface area contributed by atoms with E-state index in [1.165, 1.54) is 49.1 Å². The average molecular weight is 228 g/mol. The summed E-state index contributed by atoms with van der Waals surface area (Å²) in [4.78, 5) is 0. The molecule has 2 heteroatoms. The smallest absolute Gasteiger partial charge is 0.0455 e. The molecule has 90 valence electrons. The Kier molecular flexibility index (Phi) is 2.89. The highest BCUT2D eigenvalue weighted by Crippen LogP contribution is 2.22. The Bertz CT molecular complexity index is 507. The lowest BCUT2D eigenvalue weighted by Crippen LogP contribution is -2.31. The molecule has 2 aromatic rings. The van der Waals surface area contributed by atoms with Crippen LogP contribution in [0.4, 0.5) is 0 Å². The first-order valence-corrected chi connectivity index (χ1v) is 6.61. The highest BCUT2D eigenvalue weighted by Gasteiger charge is 2.16. The van der Waals surface area contributed by atoms with E-state index in [0.717, 1.165) is 5.92 Å². The first kappa shape index (κ1) is 10.8. The van der Waals surface area contributed by atoms with Crippen LogP contribution in [-0.4, -0.2) is 17.5 Å². The zero-order chi connectivity index (χ0) is 11.7. The molecule has 0 radical (unpaired) electrons. The van der Waals surface area contributed by atoms with E-state index < -0.39 is 0 Å².